The Balaban J connectivity index is 1.55. The van der Waals surface area contributed by atoms with Crippen LogP contribution in [0.4, 0.5) is 0 Å². The van der Waals surface area contributed by atoms with E-state index in [2.05, 4.69) is 15.1 Å². The number of H-pyrrole nitrogens is 1. The van der Waals surface area contributed by atoms with Crippen LogP contribution < -0.4 is 0 Å². The Kier molecular flexibility index (Phi) is 4.27. The maximum Gasteiger partial charge on any atom is 0.224 e. The number of aryl methyl sites for hydroxylation is 3. The van der Waals surface area contributed by atoms with Gasteiger partial charge in [0.1, 0.15) is 5.82 Å². The van der Waals surface area contributed by atoms with Crippen LogP contribution in [0.5, 0.6) is 0 Å². The third-order valence-electron chi connectivity index (χ3n) is 4.21. The van der Waals surface area contributed by atoms with E-state index in [1.54, 1.807) is 0 Å². The van der Waals surface area contributed by atoms with E-state index in [1.165, 1.54) is 0 Å². The summed E-state index contributed by atoms with van der Waals surface area (Å²) in [6.45, 7) is 6.23. The average molecular weight is 301 g/mol. The number of nitrogens with one attached hydrogen (secondary N) is 1. The molecule has 1 aliphatic heterocycles. The number of aromatic nitrogens is 4. The summed E-state index contributed by atoms with van der Waals surface area (Å²) in [6.07, 6.45) is 6.42. The van der Waals surface area contributed by atoms with Gasteiger partial charge >= 0.3 is 0 Å². The molecular weight excluding hydrogens is 278 g/mol. The van der Waals surface area contributed by atoms with Crippen LogP contribution in [0.15, 0.2) is 18.5 Å². The molecule has 118 valence electrons. The Labute approximate surface area is 130 Å². The number of hydrogen-bond acceptors (Lipinski definition) is 3. The minimum absolute atomic E-state index is 0.209. The Morgan fingerprint density at radius 3 is 3.00 bits per heavy atom. The molecule has 1 saturated heterocycles. The molecule has 22 heavy (non-hydrogen) atoms. The topological polar surface area (TPSA) is 66.8 Å². The fraction of sp³-hybridized carbons (Fsp3) is 0.562. The summed E-state index contributed by atoms with van der Waals surface area (Å²) >= 11 is 0. The maximum absolute atomic E-state index is 12.4. The summed E-state index contributed by atoms with van der Waals surface area (Å²) in [5, 5.41) is 4.32. The van der Waals surface area contributed by atoms with Crippen molar-refractivity contribution in [1.82, 2.24) is 24.6 Å². The lowest BCUT2D eigenvalue weighted by Gasteiger charge is -2.32. The number of likely N-dealkylation sites (tertiary alicyclic amines) is 1. The molecule has 1 fully saturated rings. The van der Waals surface area contributed by atoms with Crippen molar-refractivity contribution in [1.29, 1.82) is 0 Å². The van der Waals surface area contributed by atoms with E-state index in [0.717, 1.165) is 43.1 Å². The van der Waals surface area contributed by atoms with Gasteiger partial charge in [-0.1, -0.05) is 0 Å². The van der Waals surface area contributed by atoms with Crippen LogP contribution in [-0.2, 0) is 11.3 Å². The highest BCUT2D eigenvalue weighted by atomic mass is 16.2. The summed E-state index contributed by atoms with van der Waals surface area (Å²) in [5.41, 5.74) is 2.06. The van der Waals surface area contributed by atoms with E-state index in [4.69, 9.17) is 0 Å². The second-order valence-corrected chi connectivity index (χ2v) is 6.10. The molecule has 2 aromatic rings. The monoisotopic (exact) mass is 301 g/mol. The molecule has 1 aliphatic rings. The number of piperidine rings is 1. The molecule has 0 aliphatic carbocycles. The van der Waals surface area contributed by atoms with Crippen molar-refractivity contribution in [3.8, 4) is 0 Å². The minimum atomic E-state index is 0.209. The van der Waals surface area contributed by atoms with Gasteiger partial charge in [0.2, 0.25) is 5.91 Å². The third-order valence-corrected chi connectivity index (χ3v) is 4.21. The van der Waals surface area contributed by atoms with Gasteiger partial charge < -0.3 is 9.88 Å². The molecule has 1 atom stereocenters. The first-order valence-corrected chi connectivity index (χ1v) is 7.91. The van der Waals surface area contributed by atoms with Gasteiger partial charge in [0.15, 0.2) is 0 Å². The predicted octanol–water partition coefficient (Wildman–Crippen LogP) is 2.02. The lowest BCUT2D eigenvalue weighted by atomic mass is 9.97. The van der Waals surface area contributed by atoms with Crippen LogP contribution >= 0.6 is 0 Å². The number of aromatic amines is 1. The summed E-state index contributed by atoms with van der Waals surface area (Å²) in [6, 6.07) is 1.96. The van der Waals surface area contributed by atoms with E-state index < -0.39 is 0 Å². The molecule has 0 aromatic carbocycles. The number of rotatable bonds is 4. The van der Waals surface area contributed by atoms with Crippen LogP contribution in [0, 0.1) is 13.8 Å². The molecule has 0 bridgehead atoms. The maximum atomic E-state index is 12.4. The van der Waals surface area contributed by atoms with E-state index in [9.17, 15) is 4.79 Å². The summed E-state index contributed by atoms with van der Waals surface area (Å²) in [4.78, 5) is 22.1. The number of nitrogens with zero attached hydrogens (tertiary/aromatic N) is 4. The van der Waals surface area contributed by atoms with E-state index >= 15 is 0 Å². The van der Waals surface area contributed by atoms with E-state index in [1.807, 2.05) is 41.9 Å². The largest absolute Gasteiger partial charge is 0.346 e. The van der Waals surface area contributed by atoms with Gasteiger partial charge in [-0.05, 0) is 32.8 Å². The van der Waals surface area contributed by atoms with Crippen molar-refractivity contribution in [3.05, 3.63) is 35.7 Å². The molecule has 1 N–H and O–H groups in total. The van der Waals surface area contributed by atoms with Crippen molar-refractivity contribution < 1.29 is 4.79 Å². The molecule has 2 aromatic heterocycles. The smallest absolute Gasteiger partial charge is 0.224 e. The molecule has 0 radical (unpaired) electrons. The zero-order valence-corrected chi connectivity index (χ0v) is 13.2. The third kappa shape index (κ3) is 3.37. The number of hydrogen-bond donors (Lipinski definition) is 1. The molecule has 3 rings (SSSR count). The summed E-state index contributed by atoms with van der Waals surface area (Å²) in [5.74, 6) is 1.55. The second kappa shape index (κ2) is 6.34. The Morgan fingerprint density at radius 1 is 1.45 bits per heavy atom. The highest BCUT2D eigenvalue weighted by Crippen LogP contribution is 2.25. The minimum Gasteiger partial charge on any atom is -0.346 e. The number of carbonyl (C=O) groups excluding carboxylic acids is 1. The van der Waals surface area contributed by atoms with E-state index in [0.29, 0.717) is 18.9 Å². The average Bonchev–Trinajstić information content (AvgIpc) is 3.13. The molecule has 6 heteroatoms. The highest BCUT2D eigenvalue weighted by molar-refractivity contribution is 5.76. The van der Waals surface area contributed by atoms with Gasteiger partial charge in [-0.15, -0.1) is 0 Å². The van der Waals surface area contributed by atoms with Gasteiger partial charge in [0.05, 0.1) is 5.69 Å². The molecule has 3 heterocycles. The van der Waals surface area contributed by atoms with Gasteiger partial charge in [0.25, 0.3) is 0 Å². The van der Waals surface area contributed by atoms with Crippen molar-refractivity contribution >= 4 is 5.91 Å². The first-order chi connectivity index (χ1) is 10.6. The lowest BCUT2D eigenvalue weighted by Crippen LogP contribution is -2.39. The second-order valence-electron chi connectivity index (χ2n) is 6.10. The first-order valence-electron chi connectivity index (χ1n) is 7.91. The first kappa shape index (κ1) is 14.8. The molecule has 6 nitrogen and oxygen atoms in total. The zero-order chi connectivity index (χ0) is 15.5. The molecule has 0 saturated carbocycles. The van der Waals surface area contributed by atoms with E-state index in [-0.39, 0.29) is 5.91 Å². The SMILES string of the molecule is Cc1ccn(CCC(=O)N2CCC[C@@H](c3ncc(C)[nH]3)C2)n1. The fourth-order valence-corrected chi connectivity index (χ4v) is 3.02. The number of carbonyl (C=O) groups is 1. The molecule has 0 unspecified atom stereocenters. The summed E-state index contributed by atoms with van der Waals surface area (Å²) in [7, 11) is 0. The predicted molar refractivity (Wildman–Crippen MR) is 83.5 cm³/mol. The van der Waals surface area contributed by atoms with Crippen LogP contribution in [0.25, 0.3) is 0 Å². The Bertz CT molecular complexity index is 645. The van der Waals surface area contributed by atoms with Gasteiger partial charge in [-0.25, -0.2) is 4.98 Å². The molecule has 1 amide bonds. The Morgan fingerprint density at radius 2 is 2.32 bits per heavy atom. The standard InChI is InChI=1S/C16H23N5O/c1-12-5-8-21(19-12)9-6-15(22)20-7-3-4-14(11-20)16-17-10-13(2)18-16/h5,8,10,14H,3-4,6-7,9,11H2,1-2H3,(H,17,18)/t14-/m1/s1. The van der Waals surface area contributed by atoms with Crippen molar-refractivity contribution in [2.75, 3.05) is 13.1 Å². The normalized spacial score (nSPS) is 18.6. The van der Waals surface area contributed by atoms with Crippen LogP contribution in [0.1, 0.15) is 42.4 Å². The fourth-order valence-electron chi connectivity index (χ4n) is 3.02. The zero-order valence-electron chi connectivity index (χ0n) is 13.2. The van der Waals surface area contributed by atoms with Crippen LogP contribution in [0.2, 0.25) is 0 Å². The van der Waals surface area contributed by atoms with Gasteiger partial charge in [0, 0.05) is 50.1 Å². The van der Waals surface area contributed by atoms with Crippen LogP contribution in [-0.4, -0.2) is 43.6 Å². The van der Waals surface area contributed by atoms with Crippen molar-refractivity contribution in [2.24, 2.45) is 0 Å². The van der Waals surface area contributed by atoms with Crippen LogP contribution in [0.3, 0.4) is 0 Å². The van der Waals surface area contributed by atoms with Crippen molar-refractivity contribution in [3.63, 3.8) is 0 Å². The Hall–Kier alpha value is -2.11. The number of imidazole rings is 1. The molecular formula is C16H23N5O. The summed E-state index contributed by atoms with van der Waals surface area (Å²) < 4.78 is 1.84. The number of amides is 1. The highest BCUT2D eigenvalue weighted by Gasteiger charge is 2.26. The van der Waals surface area contributed by atoms with Crippen molar-refractivity contribution in [2.45, 2.75) is 45.6 Å². The lowest BCUT2D eigenvalue weighted by molar-refractivity contribution is -0.132. The van der Waals surface area contributed by atoms with Gasteiger partial charge in [-0.3, -0.25) is 9.48 Å². The van der Waals surface area contributed by atoms with Gasteiger partial charge in [-0.2, -0.15) is 5.10 Å². The molecule has 0 spiro atoms. The quantitative estimate of drug-likeness (QED) is 0.939.